The molecule has 0 unspecified atom stereocenters. The molecule has 31 heavy (non-hydrogen) atoms. The third-order valence-electron chi connectivity index (χ3n) is 4.93. The summed E-state index contributed by atoms with van der Waals surface area (Å²) in [7, 11) is 0. The second-order valence-electron chi connectivity index (χ2n) is 7.01. The number of aryl methyl sites for hydroxylation is 1. The lowest BCUT2D eigenvalue weighted by Gasteiger charge is -2.05. The number of hydrogen-bond acceptors (Lipinski definition) is 5. The van der Waals surface area contributed by atoms with E-state index < -0.39 is 0 Å². The number of H-pyrrole nitrogens is 1. The molecule has 0 spiro atoms. The van der Waals surface area contributed by atoms with Gasteiger partial charge in [0.25, 0.3) is 5.56 Å². The smallest absolute Gasteiger partial charge is 0.281 e. The van der Waals surface area contributed by atoms with Crippen molar-refractivity contribution in [1.29, 1.82) is 0 Å². The van der Waals surface area contributed by atoms with Crippen LogP contribution < -0.4 is 11.0 Å². The number of aromatic amines is 1. The predicted octanol–water partition coefficient (Wildman–Crippen LogP) is 4.95. The van der Waals surface area contributed by atoms with E-state index in [1.807, 2.05) is 91.9 Å². The molecule has 0 bridgehead atoms. The van der Waals surface area contributed by atoms with Crippen LogP contribution >= 0.6 is 11.3 Å². The van der Waals surface area contributed by atoms with Gasteiger partial charge in [-0.2, -0.15) is 5.10 Å². The van der Waals surface area contributed by atoms with Gasteiger partial charge in [-0.3, -0.25) is 15.3 Å². The molecule has 3 aromatic carbocycles. The zero-order valence-corrected chi connectivity index (χ0v) is 17.6. The molecule has 6 nitrogen and oxygen atoms in total. The molecule has 152 valence electrons. The number of fused-ring (bicyclic) bond motifs is 1. The molecular weight excluding hydrogens is 406 g/mol. The summed E-state index contributed by atoms with van der Waals surface area (Å²) in [6.45, 7) is 1.88. The van der Waals surface area contributed by atoms with Crippen molar-refractivity contribution in [3.8, 4) is 5.69 Å². The summed E-state index contributed by atoms with van der Waals surface area (Å²) >= 11 is 1.52. The summed E-state index contributed by atoms with van der Waals surface area (Å²) in [5.74, 6) is 0. The van der Waals surface area contributed by atoms with E-state index in [9.17, 15) is 4.79 Å². The van der Waals surface area contributed by atoms with Gasteiger partial charge in [0.05, 0.1) is 21.5 Å². The number of thiazole rings is 1. The van der Waals surface area contributed by atoms with Gasteiger partial charge in [0, 0.05) is 11.3 Å². The Morgan fingerprint density at radius 3 is 2.39 bits per heavy atom. The van der Waals surface area contributed by atoms with Crippen molar-refractivity contribution in [1.82, 2.24) is 14.8 Å². The largest absolute Gasteiger partial charge is 0.295 e. The van der Waals surface area contributed by atoms with Crippen molar-refractivity contribution in [2.24, 2.45) is 5.10 Å². The van der Waals surface area contributed by atoms with Crippen LogP contribution in [-0.2, 0) is 0 Å². The fraction of sp³-hybridized carbons (Fsp3) is 0.0417. The average Bonchev–Trinajstić information content (AvgIpc) is 3.36. The number of aromatic nitrogens is 3. The lowest BCUT2D eigenvalue weighted by molar-refractivity contribution is 0.835. The Balaban J connectivity index is 1.61. The van der Waals surface area contributed by atoms with Gasteiger partial charge in [-0.05, 0) is 31.2 Å². The maximum atomic E-state index is 13.4. The molecule has 0 saturated carbocycles. The number of benzene rings is 3. The second-order valence-corrected chi connectivity index (χ2v) is 8.04. The van der Waals surface area contributed by atoms with Gasteiger partial charge in [-0.1, -0.05) is 72.0 Å². The van der Waals surface area contributed by atoms with Crippen molar-refractivity contribution in [3.63, 3.8) is 0 Å². The number of hydrazone groups is 1. The minimum atomic E-state index is -0.155. The fourth-order valence-corrected chi connectivity index (χ4v) is 4.28. The van der Waals surface area contributed by atoms with E-state index in [0.717, 1.165) is 27.2 Å². The Labute approximate surface area is 182 Å². The quantitative estimate of drug-likeness (QED) is 0.309. The number of nitrogens with one attached hydrogen (secondary N) is 2. The fourth-order valence-electron chi connectivity index (χ4n) is 3.47. The van der Waals surface area contributed by atoms with E-state index >= 15 is 0 Å². The first-order chi connectivity index (χ1) is 15.2. The first kappa shape index (κ1) is 19.0. The summed E-state index contributed by atoms with van der Waals surface area (Å²) in [5.41, 5.74) is 7.26. The Morgan fingerprint density at radius 2 is 1.65 bits per heavy atom. The van der Waals surface area contributed by atoms with Gasteiger partial charge >= 0.3 is 0 Å². The van der Waals surface area contributed by atoms with E-state index in [2.05, 4.69) is 20.6 Å². The first-order valence-electron chi connectivity index (χ1n) is 9.83. The minimum absolute atomic E-state index is 0.155. The predicted molar refractivity (Wildman–Crippen MR) is 126 cm³/mol. The highest BCUT2D eigenvalue weighted by atomic mass is 32.1. The topological polar surface area (TPSA) is 75.1 Å². The summed E-state index contributed by atoms with van der Waals surface area (Å²) in [5, 5.41) is 8.49. The lowest BCUT2D eigenvalue weighted by Crippen LogP contribution is -2.22. The molecule has 0 amide bonds. The first-order valence-corrected chi connectivity index (χ1v) is 10.6. The molecular formula is C24H19N5OS. The number of para-hydroxylation sites is 2. The van der Waals surface area contributed by atoms with Crippen LogP contribution in [0.1, 0.15) is 16.8 Å². The highest BCUT2D eigenvalue weighted by Gasteiger charge is 2.20. The molecule has 2 heterocycles. The van der Waals surface area contributed by atoms with E-state index in [1.165, 1.54) is 11.3 Å². The van der Waals surface area contributed by atoms with Crippen LogP contribution in [0.5, 0.6) is 0 Å². The molecule has 0 fully saturated rings. The molecule has 2 aromatic heterocycles. The van der Waals surface area contributed by atoms with Crippen molar-refractivity contribution in [2.75, 3.05) is 5.43 Å². The van der Waals surface area contributed by atoms with Crippen LogP contribution in [0.3, 0.4) is 0 Å². The number of hydrogen-bond donors (Lipinski definition) is 2. The SMILES string of the molecule is Cc1[nH]n(-c2ccccc2)c(=O)c1/C(=N/Nc1nc2ccccc2s1)c1ccccc1. The van der Waals surface area contributed by atoms with Gasteiger partial charge in [0.2, 0.25) is 5.13 Å². The van der Waals surface area contributed by atoms with Crippen molar-refractivity contribution >= 4 is 32.4 Å². The van der Waals surface area contributed by atoms with E-state index in [4.69, 9.17) is 0 Å². The van der Waals surface area contributed by atoms with Gasteiger partial charge in [0.15, 0.2) is 0 Å². The van der Waals surface area contributed by atoms with Crippen LogP contribution in [0, 0.1) is 6.92 Å². The molecule has 0 radical (unpaired) electrons. The van der Waals surface area contributed by atoms with Crippen molar-refractivity contribution in [3.05, 3.63) is 112 Å². The summed E-state index contributed by atoms with van der Waals surface area (Å²) in [6, 6.07) is 27.1. The Hall–Kier alpha value is -3.97. The normalized spacial score (nSPS) is 11.7. The van der Waals surface area contributed by atoms with E-state index in [1.54, 1.807) is 4.68 Å². The molecule has 5 aromatic rings. The standard InChI is InChI=1S/C24H19N5OS/c1-16-21(23(30)29(28-16)18-12-6-3-7-13-18)22(17-10-4-2-5-11-17)26-27-24-25-19-14-8-9-15-20(19)31-24/h2-15,28H,1H3,(H,25,27)/b26-22+. The number of rotatable bonds is 5. The Bertz CT molecular complexity index is 1400. The zero-order valence-electron chi connectivity index (χ0n) is 16.7. The zero-order chi connectivity index (χ0) is 21.2. The van der Waals surface area contributed by atoms with Crippen LogP contribution in [0.2, 0.25) is 0 Å². The molecule has 7 heteroatoms. The third kappa shape index (κ3) is 3.67. The molecule has 0 aliphatic carbocycles. The third-order valence-corrected chi connectivity index (χ3v) is 5.87. The molecule has 0 atom stereocenters. The van der Waals surface area contributed by atoms with Crippen LogP contribution in [0.25, 0.3) is 15.9 Å². The molecule has 2 N–H and O–H groups in total. The van der Waals surface area contributed by atoms with Crippen LogP contribution in [-0.4, -0.2) is 20.5 Å². The van der Waals surface area contributed by atoms with Gasteiger partial charge < -0.3 is 0 Å². The maximum absolute atomic E-state index is 13.4. The number of nitrogens with zero attached hydrogens (tertiary/aromatic N) is 3. The van der Waals surface area contributed by atoms with Gasteiger partial charge in [0.1, 0.15) is 5.71 Å². The second kappa shape index (κ2) is 8.04. The Kier molecular flexibility index (Phi) is 4.93. The van der Waals surface area contributed by atoms with E-state index in [0.29, 0.717) is 16.4 Å². The summed E-state index contributed by atoms with van der Waals surface area (Å²) < 4.78 is 2.62. The Morgan fingerprint density at radius 1 is 0.968 bits per heavy atom. The maximum Gasteiger partial charge on any atom is 0.281 e. The molecule has 0 saturated heterocycles. The van der Waals surface area contributed by atoms with Crippen molar-refractivity contribution in [2.45, 2.75) is 6.92 Å². The summed E-state index contributed by atoms with van der Waals surface area (Å²) in [6.07, 6.45) is 0. The van der Waals surface area contributed by atoms with Crippen LogP contribution in [0.4, 0.5) is 5.13 Å². The number of anilines is 1. The molecule has 5 rings (SSSR count). The molecule has 0 aliphatic rings. The van der Waals surface area contributed by atoms with Crippen LogP contribution in [0.15, 0.2) is 94.8 Å². The summed E-state index contributed by atoms with van der Waals surface area (Å²) in [4.78, 5) is 17.9. The van der Waals surface area contributed by atoms with Gasteiger partial charge in [-0.25, -0.2) is 9.67 Å². The lowest BCUT2D eigenvalue weighted by atomic mass is 10.0. The monoisotopic (exact) mass is 425 g/mol. The van der Waals surface area contributed by atoms with Gasteiger partial charge in [-0.15, -0.1) is 0 Å². The van der Waals surface area contributed by atoms with E-state index in [-0.39, 0.29) is 5.56 Å². The average molecular weight is 426 g/mol. The highest BCUT2D eigenvalue weighted by molar-refractivity contribution is 7.22. The van der Waals surface area contributed by atoms with Crippen molar-refractivity contribution < 1.29 is 0 Å². The minimum Gasteiger partial charge on any atom is -0.295 e. The highest BCUT2D eigenvalue weighted by Crippen LogP contribution is 2.25. The molecule has 0 aliphatic heterocycles.